The smallest absolute Gasteiger partial charge is 0.411 e. The lowest BCUT2D eigenvalue weighted by Gasteiger charge is -2.32. The number of aromatic hydroxyl groups is 1. The molecule has 2 saturated heterocycles. The molecule has 57 heavy (non-hydrogen) atoms. The van der Waals surface area contributed by atoms with Gasteiger partial charge < -0.3 is 39.8 Å². The molecule has 3 heterocycles. The van der Waals surface area contributed by atoms with Crippen LogP contribution in [-0.2, 0) is 11.2 Å². The van der Waals surface area contributed by atoms with Crippen LogP contribution in [0.3, 0.4) is 0 Å². The van der Waals surface area contributed by atoms with Crippen molar-refractivity contribution in [2.75, 3.05) is 64.3 Å². The fourth-order valence-electron chi connectivity index (χ4n) is 8.02. The molecule has 300 valence electrons. The van der Waals surface area contributed by atoms with Gasteiger partial charge in [0, 0.05) is 49.7 Å². The van der Waals surface area contributed by atoms with Crippen LogP contribution in [0, 0.1) is 5.92 Å². The fourth-order valence-corrected chi connectivity index (χ4v) is 8.02. The van der Waals surface area contributed by atoms with Crippen molar-refractivity contribution in [1.29, 1.82) is 0 Å². The van der Waals surface area contributed by atoms with Gasteiger partial charge in [0.25, 0.3) is 0 Å². The zero-order valence-corrected chi connectivity index (χ0v) is 32.6. The second-order valence-corrected chi connectivity index (χ2v) is 15.3. The topological polar surface area (TPSA) is 139 Å². The monoisotopic (exact) mass is 773 g/mol. The van der Waals surface area contributed by atoms with Crippen LogP contribution in [0.1, 0.15) is 49.3 Å². The van der Waals surface area contributed by atoms with Crippen molar-refractivity contribution in [3.8, 4) is 22.6 Å². The number of aromatic nitrogens is 1. The molecule has 7 rings (SSSR count). The summed E-state index contributed by atoms with van der Waals surface area (Å²) in [5.74, 6) is 1.46. The SMILES string of the molecule is O=C(Nc1ccccc1-c1ccccc1)OC1CCN(CCCOc2ccc(CCN3CCC(CNC[C@@H](O)c4ccc(O)c5[nH]c(=O)ccc45)CC3)cc2)CC1. The minimum atomic E-state index is -0.746. The number of rotatable bonds is 16. The lowest BCUT2D eigenvalue weighted by Crippen LogP contribution is -2.39. The molecule has 2 aliphatic heterocycles. The molecule has 0 bridgehead atoms. The van der Waals surface area contributed by atoms with E-state index < -0.39 is 12.2 Å². The molecule has 2 fully saturated rings. The quantitative estimate of drug-likeness (QED) is 0.0674. The molecule has 5 aromatic rings. The van der Waals surface area contributed by atoms with Crippen molar-refractivity contribution in [1.82, 2.24) is 20.1 Å². The summed E-state index contributed by atoms with van der Waals surface area (Å²) in [6.45, 7) is 7.84. The number of ether oxygens (including phenoxy) is 2. The van der Waals surface area contributed by atoms with Gasteiger partial charge in [0.1, 0.15) is 17.6 Å². The van der Waals surface area contributed by atoms with Gasteiger partial charge in [-0.15, -0.1) is 0 Å². The van der Waals surface area contributed by atoms with Crippen LogP contribution in [0.25, 0.3) is 22.0 Å². The van der Waals surface area contributed by atoms with Crippen molar-refractivity contribution in [3.05, 3.63) is 125 Å². The van der Waals surface area contributed by atoms with Gasteiger partial charge in [0.15, 0.2) is 0 Å². The molecule has 4 aromatic carbocycles. The van der Waals surface area contributed by atoms with Gasteiger partial charge in [-0.3, -0.25) is 10.1 Å². The van der Waals surface area contributed by atoms with Gasteiger partial charge in [-0.2, -0.15) is 0 Å². The van der Waals surface area contributed by atoms with Crippen LogP contribution in [0.2, 0.25) is 0 Å². The van der Waals surface area contributed by atoms with E-state index in [0.29, 0.717) is 35.5 Å². The number of anilines is 1. The Balaban J connectivity index is 0.730. The summed E-state index contributed by atoms with van der Waals surface area (Å²) >= 11 is 0. The molecule has 1 aromatic heterocycles. The lowest BCUT2D eigenvalue weighted by molar-refractivity contribution is 0.0575. The number of carbonyl (C=O) groups is 1. The van der Waals surface area contributed by atoms with Crippen molar-refractivity contribution in [2.24, 2.45) is 5.92 Å². The highest BCUT2D eigenvalue weighted by atomic mass is 16.6. The average molecular weight is 774 g/mol. The highest BCUT2D eigenvalue weighted by molar-refractivity contribution is 5.91. The van der Waals surface area contributed by atoms with Crippen LogP contribution in [0.4, 0.5) is 10.5 Å². The number of piperidine rings is 2. The number of likely N-dealkylation sites (tertiary alicyclic amines) is 2. The summed E-state index contributed by atoms with van der Waals surface area (Å²) in [6, 6.07) is 32.6. The zero-order valence-electron chi connectivity index (χ0n) is 32.6. The first-order valence-electron chi connectivity index (χ1n) is 20.4. The number of hydrogen-bond acceptors (Lipinski definition) is 9. The van der Waals surface area contributed by atoms with Crippen molar-refractivity contribution in [3.63, 3.8) is 0 Å². The normalized spacial score (nSPS) is 16.4. The Morgan fingerprint density at radius 1 is 0.825 bits per heavy atom. The first-order valence-corrected chi connectivity index (χ1v) is 20.4. The summed E-state index contributed by atoms with van der Waals surface area (Å²) in [5, 5.41) is 28.0. The molecule has 0 unspecified atom stereocenters. The number of H-pyrrole nitrogens is 1. The molecular formula is C46H55N5O6. The van der Waals surface area contributed by atoms with Gasteiger partial charge in [-0.05, 0) is 111 Å². The Kier molecular flexibility index (Phi) is 13.9. The van der Waals surface area contributed by atoms with Crippen molar-refractivity contribution in [2.45, 2.75) is 50.7 Å². The number of aliphatic hydroxyl groups excluding tert-OH is 1. The summed E-state index contributed by atoms with van der Waals surface area (Å²) in [7, 11) is 0. The van der Waals surface area contributed by atoms with E-state index in [9.17, 15) is 19.8 Å². The van der Waals surface area contributed by atoms with Gasteiger partial charge in [0.05, 0.1) is 23.9 Å². The molecule has 0 aliphatic carbocycles. The third-order valence-corrected chi connectivity index (χ3v) is 11.3. The largest absolute Gasteiger partial charge is 0.506 e. The average Bonchev–Trinajstić information content (AvgIpc) is 3.24. The molecule has 0 spiro atoms. The second kappa shape index (κ2) is 19.8. The number of para-hydroxylation sites is 1. The first-order chi connectivity index (χ1) is 27.9. The number of carbonyl (C=O) groups excluding carboxylic acids is 1. The van der Waals surface area contributed by atoms with Crippen molar-refractivity contribution >= 4 is 22.7 Å². The first kappa shape index (κ1) is 40.0. The number of aromatic amines is 1. The fraction of sp³-hybridized carbons (Fsp3) is 0.391. The van der Waals surface area contributed by atoms with E-state index in [-0.39, 0.29) is 17.4 Å². The number of phenolic OH excluding ortho intramolecular Hbond substituents is 1. The maximum absolute atomic E-state index is 12.8. The molecule has 1 atom stereocenters. The van der Waals surface area contributed by atoms with Gasteiger partial charge in [-0.1, -0.05) is 66.7 Å². The van der Waals surface area contributed by atoms with E-state index in [2.05, 4.69) is 49.7 Å². The van der Waals surface area contributed by atoms with E-state index in [1.807, 2.05) is 54.6 Å². The number of benzene rings is 4. The third-order valence-electron chi connectivity index (χ3n) is 11.3. The summed E-state index contributed by atoms with van der Waals surface area (Å²) in [4.78, 5) is 32.1. The number of aliphatic hydroxyl groups is 1. The van der Waals surface area contributed by atoms with Crippen LogP contribution in [0.5, 0.6) is 11.5 Å². The van der Waals surface area contributed by atoms with E-state index in [4.69, 9.17) is 9.47 Å². The number of hydrogen-bond donors (Lipinski definition) is 5. The third kappa shape index (κ3) is 11.2. The number of pyridine rings is 1. The Hall–Kier alpha value is -5.20. The van der Waals surface area contributed by atoms with E-state index in [1.165, 1.54) is 17.7 Å². The maximum Gasteiger partial charge on any atom is 0.411 e. The molecule has 0 radical (unpaired) electrons. The van der Waals surface area contributed by atoms with E-state index >= 15 is 0 Å². The number of phenols is 1. The van der Waals surface area contributed by atoms with Gasteiger partial charge in [-0.25, -0.2) is 4.79 Å². The van der Waals surface area contributed by atoms with Crippen LogP contribution >= 0.6 is 0 Å². The summed E-state index contributed by atoms with van der Waals surface area (Å²) < 4.78 is 11.9. The van der Waals surface area contributed by atoms with Crippen LogP contribution in [0.15, 0.2) is 108 Å². The maximum atomic E-state index is 12.8. The van der Waals surface area contributed by atoms with Crippen LogP contribution < -0.4 is 20.9 Å². The Bertz CT molecular complexity index is 2090. The molecule has 11 heteroatoms. The number of nitrogens with one attached hydrogen (secondary N) is 3. The second-order valence-electron chi connectivity index (χ2n) is 15.3. The van der Waals surface area contributed by atoms with Crippen molar-refractivity contribution < 1.29 is 24.5 Å². The molecule has 1 amide bonds. The molecule has 2 aliphatic rings. The number of nitrogens with zero attached hydrogens (tertiary/aromatic N) is 2. The Morgan fingerprint density at radius 2 is 1.54 bits per heavy atom. The Labute approximate surface area is 334 Å². The predicted octanol–water partition coefficient (Wildman–Crippen LogP) is 6.96. The highest BCUT2D eigenvalue weighted by Crippen LogP contribution is 2.30. The zero-order chi connectivity index (χ0) is 39.4. The van der Waals surface area contributed by atoms with E-state index in [1.54, 1.807) is 12.1 Å². The summed E-state index contributed by atoms with van der Waals surface area (Å²) in [6.07, 6.45) is 4.59. The predicted molar refractivity (Wildman–Crippen MR) is 225 cm³/mol. The minimum Gasteiger partial charge on any atom is -0.506 e. The lowest BCUT2D eigenvalue weighted by atomic mass is 9.96. The standard InChI is InChI=1S/C46H55N5O6/c52-42-17-15-39(40-16-18-44(54)49-45(40)42)43(53)32-47-31-34-20-26-51(27-21-34)25-19-33-11-13-36(14-12-33)56-30-6-24-50-28-22-37(23-29-50)57-46(55)48-41-10-5-4-9-38(41)35-7-2-1-3-8-35/h1-5,7-18,34,37,43,47,52-53H,6,19-32H2,(H,48,55)(H,49,54)/t43-/m1/s1. The molecule has 5 N–H and O–H groups in total. The molecular weight excluding hydrogens is 719 g/mol. The van der Waals surface area contributed by atoms with Crippen LogP contribution in [-0.4, -0.2) is 96.2 Å². The van der Waals surface area contributed by atoms with Gasteiger partial charge in [0.2, 0.25) is 5.56 Å². The van der Waals surface area contributed by atoms with E-state index in [0.717, 1.165) is 107 Å². The summed E-state index contributed by atoms with van der Waals surface area (Å²) in [5.41, 5.74) is 4.82. The number of amides is 1. The minimum absolute atomic E-state index is 0.00470. The van der Waals surface area contributed by atoms with Gasteiger partial charge >= 0.3 is 6.09 Å². The molecule has 11 nitrogen and oxygen atoms in total. The molecule has 0 saturated carbocycles. The highest BCUT2D eigenvalue weighted by Gasteiger charge is 2.23. The Morgan fingerprint density at radius 3 is 2.33 bits per heavy atom. The number of fused-ring (bicyclic) bond motifs is 1.